The van der Waals surface area contributed by atoms with Gasteiger partial charge in [0, 0.05) is 29.5 Å². The van der Waals surface area contributed by atoms with Crippen molar-refractivity contribution >= 4 is 22.5 Å². The van der Waals surface area contributed by atoms with Gasteiger partial charge in [-0.3, -0.25) is 4.98 Å². The van der Waals surface area contributed by atoms with Crippen LogP contribution in [0.5, 0.6) is 5.75 Å². The number of fused-ring (bicyclic) bond motifs is 1. The van der Waals surface area contributed by atoms with Gasteiger partial charge in [-0.2, -0.15) is 0 Å². The average Bonchev–Trinajstić information content (AvgIpc) is 2.89. The third-order valence-corrected chi connectivity index (χ3v) is 3.23. The molecule has 0 atom stereocenters. The van der Waals surface area contributed by atoms with Crippen LogP contribution in [0.3, 0.4) is 0 Å². The third kappa shape index (κ3) is 1.83. The number of benzene rings is 1. The molecule has 1 aromatic carbocycles. The minimum atomic E-state index is 0.198. The monoisotopic (exact) mass is 258 g/mol. The van der Waals surface area contributed by atoms with Gasteiger partial charge in [0.15, 0.2) is 0 Å². The Morgan fingerprint density at radius 2 is 2.00 bits per heavy atom. The van der Waals surface area contributed by atoms with E-state index in [-0.39, 0.29) is 5.75 Å². The zero-order valence-electron chi connectivity index (χ0n) is 9.55. The molecule has 0 unspecified atom stereocenters. The average molecular weight is 259 g/mol. The zero-order chi connectivity index (χ0) is 12.5. The van der Waals surface area contributed by atoms with Crippen LogP contribution in [0.4, 0.5) is 0 Å². The number of aromatic nitrogens is 2. The van der Waals surface area contributed by atoms with Gasteiger partial charge in [0.25, 0.3) is 0 Å². The highest BCUT2D eigenvalue weighted by Crippen LogP contribution is 2.33. The molecule has 0 amide bonds. The molecule has 2 heterocycles. The van der Waals surface area contributed by atoms with E-state index in [1.165, 1.54) is 0 Å². The summed E-state index contributed by atoms with van der Waals surface area (Å²) in [5, 5.41) is 11.6. The maximum absolute atomic E-state index is 10.2. The minimum Gasteiger partial charge on any atom is -0.505 e. The number of phenols is 1. The number of nitrogens with zero attached hydrogens (tertiary/aromatic N) is 2. The van der Waals surface area contributed by atoms with E-state index in [9.17, 15) is 5.11 Å². The van der Waals surface area contributed by atoms with Crippen LogP contribution in [-0.4, -0.2) is 14.7 Å². The van der Waals surface area contributed by atoms with E-state index < -0.39 is 0 Å². The predicted octanol–water partition coefficient (Wildman–Crippen LogP) is 3.44. The van der Waals surface area contributed by atoms with Crippen molar-refractivity contribution < 1.29 is 5.11 Å². The molecule has 0 fully saturated rings. The predicted molar refractivity (Wildman–Crippen MR) is 72.0 cm³/mol. The molecule has 0 aliphatic rings. The van der Waals surface area contributed by atoms with E-state index in [2.05, 4.69) is 4.98 Å². The summed E-state index contributed by atoms with van der Waals surface area (Å²) in [7, 11) is 0. The summed E-state index contributed by atoms with van der Waals surface area (Å²) in [5.74, 6) is 0.198. The largest absolute Gasteiger partial charge is 0.505 e. The van der Waals surface area contributed by atoms with Crippen molar-refractivity contribution in [1.29, 1.82) is 0 Å². The lowest BCUT2D eigenvalue weighted by molar-refractivity contribution is 0.471. The van der Waals surface area contributed by atoms with Crippen molar-refractivity contribution in [2.45, 2.75) is 6.54 Å². The van der Waals surface area contributed by atoms with Crippen LogP contribution in [-0.2, 0) is 6.54 Å². The second-order valence-electron chi connectivity index (χ2n) is 4.12. The summed E-state index contributed by atoms with van der Waals surface area (Å²) < 4.78 is 1.97. The molecule has 90 valence electrons. The Morgan fingerprint density at radius 3 is 2.78 bits per heavy atom. The van der Waals surface area contributed by atoms with Crippen LogP contribution in [0, 0.1) is 0 Å². The molecule has 0 aliphatic heterocycles. The second kappa shape index (κ2) is 4.35. The summed E-state index contributed by atoms with van der Waals surface area (Å²) >= 11 is 6.21. The summed E-state index contributed by atoms with van der Waals surface area (Å²) in [4.78, 5) is 4.19. The van der Waals surface area contributed by atoms with Crippen molar-refractivity contribution in [2.75, 3.05) is 0 Å². The fourth-order valence-corrected chi connectivity index (χ4v) is 2.31. The van der Waals surface area contributed by atoms with E-state index in [0.717, 1.165) is 10.9 Å². The first-order valence-electron chi connectivity index (χ1n) is 5.61. The molecule has 1 N–H and O–H groups in total. The van der Waals surface area contributed by atoms with E-state index in [0.29, 0.717) is 17.1 Å². The van der Waals surface area contributed by atoms with Crippen molar-refractivity contribution in [1.82, 2.24) is 9.55 Å². The van der Waals surface area contributed by atoms with Gasteiger partial charge < -0.3 is 9.67 Å². The number of rotatable bonds is 2. The number of aromatic hydroxyl groups is 1. The van der Waals surface area contributed by atoms with Gasteiger partial charge in [0.05, 0.1) is 11.6 Å². The summed E-state index contributed by atoms with van der Waals surface area (Å²) in [6, 6.07) is 9.33. The number of phenolic OH excluding ortho intramolecular Hbond substituents is 1. The van der Waals surface area contributed by atoms with Gasteiger partial charge in [-0.05, 0) is 30.3 Å². The molecule has 3 rings (SSSR count). The summed E-state index contributed by atoms with van der Waals surface area (Å²) in [6.45, 7) is 0.574. The van der Waals surface area contributed by atoms with Gasteiger partial charge in [-0.25, -0.2) is 0 Å². The summed E-state index contributed by atoms with van der Waals surface area (Å²) in [6.07, 6.45) is 5.53. The highest BCUT2D eigenvalue weighted by atomic mass is 35.5. The van der Waals surface area contributed by atoms with Gasteiger partial charge >= 0.3 is 0 Å². The fraction of sp³-hybridized carbons (Fsp3) is 0.0714. The highest BCUT2D eigenvalue weighted by Gasteiger charge is 2.11. The van der Waals surface area contributed by atoms with Gasteiger partial charge in [0.2, 0.25) is 0 Å². The molecule has 3 nitrogen and oxygen atoms in total. The first-order chi connectivity index (χ1) is 8.75. The van der Waals surface area contributed by atoms with E-state index >= 15 is 0 Å². The van der Waals surface area contributed by atoms with Crippen molar-refractivity contribution in [3.05, 3.63) is 59.5 Å². The van der Waals surface area contributed by atoms with Crippen LogP contribution < -0.4 is 0 Å². The molecule has 2 aromatic heterocycles. The SMILES string of the molecule is Oc1c(Cn2cccc2)cc(Cl)c2cccnc12. The van der Waals surface area contributed by atoms with E-state index in [1.54, 1.807) is 18.3 Å². The fourth-order valence-electron chi connectivity index (χ4n) is 2.03. The lowest BCUT2D eigenvalue weighted by atomic mass is 10.1. The molecule has 0 spiro atoms. The van der Waals surface area contributed by atoms with Crippen LogP contribution in [0.15, 0.2) is 48.9 Å². The maximum atomic E-state index is 10.2. The number of hydrogen-bond donors (Lipinski definition) is 1. The Balaban J connectivity index is 2.16. The Kier molecular flexibility index (Phi) is 2.68. The first-order valence-corrected chi connectivity index (χ1v) is 5.99. The molecule has 4 heteroatoms. The smallest absolute Gasteiger partial charge is 0.146 e. The lowest BCUT2D eigenvalue weighted by Gasteiger charge is -2.09. The normalized spacial score (nSPS) is 10.9. The minimum absolute atomic E-state index is 0.198. The quantitative estimate of drug-likeness (QED) is 0.765. The second-order valence-corrected chi connectivity index (χ2v) is 4.53. The Bertz CT molecular complexity index is 692. The van der Waals surface area contributed by atoms with Gasteiger partial charge in [0.1, 0.15) is 11.3 Å². The number of halogens is 1. The van der Waals surface area contributed by atoms with Crippen LogP contribution in [0.2, 0.25) is 5.02 Å². The van der Waals surface area contributed by atoms with E-state index in [4.69, 9.17) is 11.6 Å². The molecule has 3 aromatic rings. The molecule has 0 saturated carbocycles. The molecular weight excluding hydrogens is 248 g/mol. The number of hydrogen-bond acceptors (Lipinski definition) is 2. The molecular formula is C14H11ClN2O. The first kappa shape index (κ1) is 11.1. The van der Waals surface area contributed by atoms with E-state index in [1.807, 2.05) is 35.2 Å². The maximum Gasteiger partial charge on any atom is 0.146 e. The number of pyridine rings is 1. The standard InChI is InChI=1S/C14H11ClN2O/c15-12-8-10(9-17-6-1-2-7-17)14(18)13-11(12)4-3-5-16-13/h1-8,18H,9H2. The molecule has 0 aliphatic carbocycles. The highest BCUT2D eigenvalue weighted by molar-refractivity contribution is 6.35. The molecule has 0 radical (unpaired) electrons. The third-order valence-electron chi connectivity index (χ3n) is 2.91. The molecule has 18 heavy (non-hydrogen) atoms. The lowest BCUT2D eigenvalue weighted by Crippen LogP contribution is -1.97. The zero-order valence-corrected chi connectivity index (χ0v) is 10.3. The van der Waals surface area contributed by atoms with Crippen LogP contribution in [0.1, 0.15) is 5.56 Å². The topological polar surface area (TPSA) is 38.0 Å². The molecule has 0 saturated heterocycles. The summed E-state index contributed by atoms with van der Waals surface area (Å²) in [5.41, 5.74) is 1.31. The van der Waals surface area contributed by atoms with Crippen molar-refractivity contribution in [2.24, 2.45) is 0 Å². The Morgan fingerprint density at radius 1 is 1.22 bits per heavy atom. The van der Waals surface area contributed by atoms with Gasteiger partial charge in [-0.1, -0.05) is 11.6 Å². The van der Waals surface area contributed by atoms with Crippen LogP contribution in [0.25, 0.3) is 10.9 Å². The van der Waals surface area contributed by atoms with Crippen LogP contribution >= 0.6 is 11.6 Å². The Hall–Kier alpha value is -2.00. The van der Waals surface area contributed by atoms with Crippen molar-refractivity contribution in [3.8, 4) is 5.75 Å². The van der Waals surface area contributed by atoms with Gasteiger partial charge in [-0.15, -0.1) is 0 Å². The molecule has 0 bridgehead atoms. The van der Waals surface area contributed by atoms with Crippen molar-refractivity contribution in [3.63, 3.8) is 0 Å². The Labute approximate surface area is 109 Å².